The minimum absolute atomic E-state index is 0.348. The van der Waals surface area contributed by atoms with E-state index in [-0.39, 0.29) is 0 Å². The molecule has 0 amide bonds. The lowest BCUT2D eigenvalue weighted by Crippen LogP contribution is -2.41. The SMILES string of the molecule is CCC(CC)CCO[Si](C)(C)C(C)(C)C. The second kappa shape index (κ2) is 6.05. The van der Waals surface area contributed by atoms with Crippen LogP contribution < -0.4 is 0 Å². The lowest BCUT2D eigenvalue weighted by atomic mass is 10.0. The van der Waals surface area contributed by atoms with E-state index in [0.717, 1.165) is 12.5 Å². The summed E-state index contributed by atoms with van der Waals surface area (Å²) in [6, 6.07) is 0. The van der Waals surface area contributed by atoms with Crippen LogP contribution in [0.1, 0.15) is 53.9 Å². The monoisotopic (exact) mass is 230 g/mol. The van der Waals surface area contributed by atoms with E-state index in [2.05, 4.69) is 47.7 Å². The van der Waals surface area contributed by atoms with Gasteiger partial charge in [0.15, 0.2) is 8.32 Å². The summed E-state index contributed by atoms with van der Waals surface area (Å²) in [6.45, 7) is 17.1. The van der Waals surface area contributed by atoms with Gasteiger partial charge in [-0.3, -0.25) is 0 Å². The van der Waals surface area contributed by atoms with E-state index in [1.807, 2.05) is 0 Å². The highest BCUT2D eigenvalue weighted by Gasteiger charge is 2.36. The quantitative estimate of drug-likeness (QED) is 0.594. The molecule has 1 nitrogen and oxygen atoms in total. The van der Waals surface area contributed by atoms with E-state index in [1.165, 1.54) is 19.3 Å². The molecule has 92 valence electrons. The Morgan fingerprint density at radius 1 is 1.07 bits per heavy atom. The largest absolute Gasteiger partial charge is 0.417 e. The molecule has 0 N–H and O–H groups in total. The third-order valence-electron chi connectivity index (χ3n) is 3.95. The molecule has 2 heteroatoms. The number of hydrogen-bond acceptors (Lipinski definition) is 1. The first-order valence-electron chi connectivity index (χ1n) is 6.38. The summed E-state index contributed by atoms with van der Waals surface area (Å²) in [5.41, 5.74) is 0. The van der Waals surface area contributed by atoms with E-state index in [9.17, 15) is 0 Å². The van der Waals surface area contributed by atoms with Crippen LogP contribution in [0.5, 0.6) is 0 Å². The summed E-state index contributed by atoms with van der Waals surface area (Å²) >= 11 is 0. The van der Waals surface area contributed by atoms with Crippen LogP contribution in [0.4, 0.5) is 0 Å². The molecule has 0 spiro atoms. The number of rotatable bonds is 6. The average molecular weight is 230 g/mol. The van der Waals surface area contributed by atoms with Crippen molar-refractivity contribution in [2.75, 3.05) is 6.61 Å². The predicted molar refractivity (Wildman–Crippen MR) is 71.8 cm³/mol. The standard InChI is InChI=1S/C13H30OSi/c1-8-12(9-2)10-11-14-15(6,7)13(3,4)5/h12H,8-11H2,1-7H3. The van der Waals surface area contributed by atoms with Crippen LogP contribution in [0, 0.1) is 5.92 Å². The van der Waals surface area contributed by atoms with Gasteiger partial charge in [-0.05, 0) is 30.5 Å². The summed E-state index contributed by atoms with van der Waals surface area (Å²) < 4.78 is 6.17. The Labute approximate surface area is 97.7 Å². The highest BCUT2D eigenvalue weighted by atomic mass is 28.4. The van der Waals surface area contributed by atoms with E-state index < -0.39 is 8.32 Å². The Balaban J connectivity index is 3.95. The average Bonchev–Trinajstić information content (AvgIpc) is 2.10. The molecular weight excluding hydrogens is 200 g/mol. The van der Waals surface area contributed by atoms with Crippen LogP contribution in [0.15, 0.2) is 0 Å². The maximum absolute atomic E-state index is 6.17. The Kier molecular flexibility index (Phi) is 6.12. The summed E-state index contributed by atoms with van der Waals surface area (Å²) in [5.74, 6) is 0.856. The van der Waals surface area contributed by atoms with Crippen LogP contribution in [0.3, 0.4) is 0 Å². The van der Waals surface area contributed by atoms with Crippen LogP contribution in [-0.4, -0.2) is 14.9 Å². The second-order valence-electron chi connectivity index (χ2n) is 6.08. The molecule has 0 aliphatic rings. The van der Waals surface area contributed by atoms with Gasteiger partial charge in [0.25, 0.3) is 0 Å². The van der Waals surface area contributed by atoms with Crippen molar-refractivity contribution in [2.24, 2.45) is 5.92 Å². The third-order valence-corrected chi connectivity index (χ3v) is 8.49. The molecule has 0 rings (SSSR count). The second-order valence-corrected chi connectivity index (χ2v) is 10.9. The van der Waals surface area contributed by atoms with Crippen LogP contribution >= 0.6 is 0 Å². The zero-order valence-corrected chi connectivity index (χ0v) is 12.8. The lowest BCUT2D eigenvalue weighted by Gasteiger charge is -2.36. The van der Waals surface area contributed by atoms with Crippen molar-refractivity contribution in [3.05, 3.63) is 0 Å². The van der Waals surface area contributed by atoms with E-state index >= 15 is 0 Å². The molecule has 0 fully saturated rings. The normalized spacial score (nSPS) is 13.6. The van der Waals surface area contributed by atoms with Gasteiger partial charge in [-0.2, -0.15) is 0 Å². The summed E-state index contributed by atoms with van der Waals surface area (Å²) in [6.07, 6.45) is 3.81. The van der Waals surface area contributed by atoms with Gasteiger partial charge >= 0.3 is 0 Å². The molecule has 0 atom stereocenters. The van der Waals surface area contributed by atoms with Gasteiger partial charge in [-0.1, -0.05) is 47.5 Å². The van der Waals surface area contributed by atoms with Gasteiger partial charge < -0.3 is 4.43 Å². The molecular formula is C13H30OSi. The Bertz CT molecular complexity index is 166. The molecule has 0 aromatic heterocycles. The van der Waals surface area contributed by atoms with Crippen molar-refractivity contribution >= 4 is 8.32 Å². The van der Waals surface area contributed by atoms with Gasteiger partial charge in [0.2, 0.25) is 0 Å². The maximum atomic E-state index is 6.17. The van der Waals surface area contributed by atoms with Gasteiger partial charge in [0, 0.05) is 6.61 Å². The molecule has 15 heavy (non-hydrogen) atoms. The summed E-state index contributed by atoms with van der Waals surface area (Å²) in [7, 11) is -1.50. The predicted octanol–water partition coefficient (Wildman–Crippen LogP) is 4.83. The molecule has 0 aromatic carbocycles. The van der Waals surface area contributed by atoms with E-state index in [0.29, 0.717) is 5.04 Å². The first kappa shape index (κ1) is 15.2. The molecule has 0 heterocycles. The van der Waals surface area contributed by atoms with Gasteiger partial charge in [0.05, 0.1) is 0 Å². The molecule has 0 bridgehead atoms. The Morgan fingerprint density at radius 3 is 1.87 bits per heavy atom. The Hall–Kier alpha value is 0.177. The van der Waals surface area contributed by atoms with Crippen molar-refractivity contribution in [1.29, 1.82) is 0 Å². The smallest absolute Gasteiger partial charge is 0.191 e. The first-order chi connectivity index (χ1) is 6.74. The fourth-order valence-corrected chi connectivity index (χ4v) is 2.46. The summed E-state index contributed by atoms with van der Waals surface area (Å²) in [4.78, 5) is 0. The zero-order chi connectivity index (χ0) is 12.1. The lowest BCUT2D eigenvalue weighted by molar-refractivity contribution is 0.250. The number of hydrogen-bond donors (Lipinski definition) is 0. The van der Waals surface area contributed by atoms with Crippen molar-refractivity contribution in [1.82, 2.24) is 0 Å². The molecule has 0 aliphatic heterocycles. The van der Waals surface area contributed by atoms with Crippen LogP contribution in [-0.2, 0) is 4.43 Å². The minimum Gasteiger partial charge on any atom is -0.417 e. The van der Waals surface area contributed by atoms with Crippen molar-refractivity contribution in [3.63, 3.8) is 0 Å². The van der Waals surface area contributed by atoms with Gasteiger partial charge in [-0.15, -0.1) is 0 Å². The minimum atomic E-state index is -1.50. The topological polar surface area (TPSA) is 9.23 Å². The Morgan fingerprint density at radius 2 is 1.53 bits per heavy atom. The first-order valence-corrected chi connectivity index (χ1v) is 9.29. The van der Waals surface area contributed by atoms with Crippen molar-refractivity contribution in [2.45, 2.75) is 72.0 Å². The molecule has 0 saturated carbocycles. The zero-order valence-electron chi connectivity index (χ0n) is 11.8. The highest BCUT2D eigenvalue weighted by molar-refractivity contribution is 6.74. The van der Waals surface area contributed by atoms with Crippen molar-refractivity contribution < 1.29 is 4.43 Å². The maximum Gasteiger partial charge on any atom is 0.191 e. The molecule has 0 unspecified atom stereocenters. The molecule has 0 radical (unpaired) electrons. The van der Waals surface area contributed by atoms with E-state index in [1.54, 1.807) is 0 Å². The fraction of sp³-hybridized carbons (Fsp3) is 1.00. The van der Waals surface area contributed by atoms with Crippen LogP contribution in [0.2, 0.25) is 18.1 Å². The van der Waals surface area contributed by atoms with Crippen LogP contribution in [0.25, 0.3) is 0 Å². The van der Waals surface area contributed by atoms with E-state index in [4.69, 9.17) is 4.43 Å². The molecule has 0 aromatic rings. The highest BCUT2D eigenvalue weighted by Crippen LogP contribution is 2.36. The van der Waals surface area contributed by atoms with Gasteiger partial charge in [0.1, 0.15) is 0 Å². The third kappa shape index (κ3) is 5.16. The fourth-order valence-electron chi connectivity index (χ4n) is 1.39. The van der Waals surface area contributed by atoms with Crippen molar-refractivity contribution in [3.8, 4) is 0 Å². The van der Waals surface area contributed by atoms with Gasteiger partial charge in [-0.25, -0.2) is 0 Å². The molecule has 0 aliphatic carbocycles. The molecule has 0 saturated heterocycles. The summed E-state index contributed by atoms with van der Waals surface area (Å²) in [5, 5.41) is 0.348.